The maximum Gasteiger partial charge on any atom is 0.131 e. The fraction of sp³-hybridized carbons (Fsp3) is 0.600. The minimum Gasteiger partial charge on any atom is -0.358 e. The van der Waals surface area contributed by atoms with Crippen molar-refractivity contribution in [1.29, 1.82) is 0 Å². The molecule has 0 saturated carbocycles. The van der Waals surface area contributed by atoms with E-state index in [-0.39, 0.29) is 6.04 Å². The van der Waals surface area contributed by atoms with Gasteiger partial charge in [-0.25, -0.2) is 9.97 Å². The van der Waals surface area contributed by atoms with E-state index < -0.39 is 0 Å². The third-order valence-electron chi connectivity index (χ3n) is 2.02. The summed E-state index contributed by atoms with van der Waals surface area (Å²) in [7, 11) is 1.99. The molecular formula is C10H18N4. The van der Waals surface area contributed by atoms with Crippen molar-refractivity contribution in [2.75, 3.05) is 18.5 Å². The maximum atomic E-state index is 5.72. The van der Waals surface area contributed by atoms with Crippen LogP contribution in [0, 0.1) is 0 Å². The fourth-order valence-corrected chi connectivity index (χ4v) is 1.31. The molecule has 0 aliphatic heterocycles. The Labute approximate surface area is 85.2 Å². The highest BCUT2D eigenvalue weighted by Crippen LogP contribution is 2.09. The zero-order chi connectivity index (χ0) is 10.6. The van der Waals surface area contributed by atoms with Crippen LogP contribution in [0.4, 0.5) is 5.82 Å². The van der Waals surface area contributed by atoms with Gasteiger partial charge in [0, 0.05) is 31.4 Å². The van der Waals surface area contributed by atoms with Crippen LogP contribution < -0.4 is 10.6 Å². The Morgan fingerprint density at radius 3 is 2.79 bits per heavy atom. The summed E-state index contributed by atoms with van der Waals surface area (Å²) >= 11 is 0. The zero-order valence-corrected chi connectivity index (χ0v) is 9.07. The topological polar surface area (TPSA) is 55.0 Å². The smallest absolute Gasteiger partial charge is 0.131 e. The molecule has 0 radical (unpaired) electrons. The van der Waals surface area contributed by atoms with Crippen LogP contribution in [0.3, 0.4) is 0 Å². The summed E-state index contributed by atoms with van der Waals surface area (Å²) in [5.41, 5.74) is 6.78. The Kier molecular flexibility index (Phi) is 3.83. The highest BCUT2D eigenvalue weighted by molar-refractivity contribution is 5.37. The van der Waals surface area contributed by atoms with E-state index in [1.165, 1.54) is 0 Å². The zero-order valence-electron chi connectivity index (χ0n) is 9.07. The number of hydrogen-bond donors (Lipinski definition) is 1. The summed E-state index contributed by atoms with van der Waals surface area (Å²) < 4.78 is 0. The van der Waals surface area contributed by atoms with Gasteiger partial charge in [-0.2, -0.15) is 0 Å². The van der Waals surface area contributed by atoms with Gasteiger partial charge in [-0.1, -0.05) is 6.92 Å². The van der Waals surface area contributed by atoms with Gasteiger partial charge in [0.25, 0.3) is 0 Å². The molecule has 1 unspecified atom stereocenters. The minimum absolute atomic E-state index is 0.153. The van der Waals surface area contributed by atoms with Gasteiger partial charge in [0.05, 0.1) is 0 Å². The first-order chi connectivity index (χ1) is 6.63. The minimum atomic E-state index is 0.153. The molecular weight excluding hydrogens is 176 g/mol. The molecule has 1 atom stereocenters. The van der Waals surface area contributed by atoms with Crippen molar-refractivity contribution in [3.05, 3.63) is 18.1 Å². The molecule has 0 saturated heterocycles. The second-order valence-corrected chi connectivity index (χ2v) is 3.58. The molecule has 0 spiro atoms. The lowest BCUT2D eigenvalue weighted by Crippen LogP contribution is -2.33. The van der Waals surface area contributed by atoms with Gasteiger partial charge in [0.1, 0.15) is 12.1 Å². The van der Waals surface area contributed by atoms with Gasteiger partial charge in [-0.3, -0.25) is 0 Å². The number of nitrogens with zero attached hydrogens (tertiary/aromatic N) is 3. The third-order valence-corrected chi connectivity index (χ3v) is 2.02. The third kappa shape index (κ3) is 2.96. The van der Waals surface area contributed by atoms with Crippen LogP contribution >= 0.6 is 0 Å². The van der Waals surface area contributed by atoms with Gasteiger partial charge in [0.2, 0.25) is 0 Å². The van der Waals surface area contributed by atoms with Crippen molar-refractivity contribution >= 4 is 5.82 Å². The van der Waals surface area contributed by atoms with Gasteiger partial charge in [-0.05, 0) is 13.3 Å². The Hall–Kier alpha value is -1.16. The van der Waals surface area contributed by atoms with Gasteiger partial charge < -0.3 is 10.6 Å². The van der Waals surface area contributed by atoms with Crippen LogP contribution in [0.2, 0.25) is 0 Å². The highest BCUT2D eigenvalue weighted by atomic mass is 15.2. The van der Waals surface area contributed by atoms with Gasteiger partial charge in [0.15, 0.2) is 0 Å². The molecule has 1 rings (SSSR count). The van der Waals surface area contributed by atoms with Crippen molar-refractivity contribution in [3.8, 4) is 0 Å². The standard InChI is InChI=1S/C10H18N4/c1-4-9-5-10(13-7-12-9)14(3)6-8(2)11/h5,7-8H,4,6,11H2,1-3H3. The summed E-state index contributed by atoms with van der Waals surface area (Å²) in [6.45, 7) is 4.87. The van der Waals surface area contributed by atoms with Crippen LogP contribution in [0.1, 0.15) is 19.5 Å². The molecule has 0 aliphatic carbocycles. The first-order valence-corrected chi connectivity index (χ1v) is 4.91. The number of nitrogens with two attached hydrogens (primary N) is 1. The van der Waals surface area contributed by atoms with E-state index in [4.69, 9.17) is 5.73 Å². The molecule has 2 N–H and O–H groups in total. The summed E-state index contributed by atoms with van der Waals surface area (Å²) in [4.78, 5) is 10.4. The second kappa shape index (κ2) is 4.91. The number of anilines is 1. The average molecular weight is 194 g/mol. The van der Waals surface area contributed by atoms with E-state index >= 15 is 0 Å². The Morgan fingerprint density at radius 1 is 1.50 bits per heavy atom. The number of aromatic nitrogens is 2. The van der Waals surface area contributed by atoms with Crippen molar-refractivity contribution in [3.63, 3.8) is 0 Å². The lowest BCUT2D eigenvalue weighted by atomic mass is 10.3. The largest absolute Gasteiger partial charge is 0.358 e. The fourth-order valence-electron chi connectivity index (χ4n) is 1.31. The molecule has 0 bridgehead atoms. The molecule has 14 heavy (non-hydrogen) atoms. The molecule has 4 nitrogen and oxygen atoms in total. The monoisotopic (exact) mass is 194 g/mol. The van der Waals surface area contributed by atoms with E-state index in [1.807, 2.05) is 24.9 Å². The molecule has 1 heterocycles. The van der Waals surface area contributed by atoms with E-state index in [0.29, 0.717) is 0 Å². The number of aryl methyl sites for hydroxylation is 1. The first kappa shape index (κ1) is 10.9. The normalized spacial score (nSPS) is 12.6. The van der Waals surface area contributed by atoms with E-state index in [9.17, 15) is 0 Å². The van der Waals surface area contributed by atoms with Crippen molar-refractivity contribution in [2.45, 2.75) is 26.3 Å². The van der Waals surface area contributed by atoms with E-state index in [0.717, 1.165) is 24.5 Å². The van der Waals surface area contributed by atoms with Crippen LogP contribution in [0.25, 0.3) is 0 Å². The Morgan fingerprint density at radius 2 is 2.21 bits per heavy atom. The summed E-state index contributed by atoms with van der Waals surface area (Å²) in [5.74, 6) is 0.939. The molecule has 0 aromatic carbocycles. The molecule has 0 fully saturated rings. The molecule has 78 valence electrons. The summed E-state index contributed by atoms with van der Waals surface area (Å²) in [5, 5.41) is 0. The van der Waals surface area contributed by atoms with Crippen LogP contribution in [0.15, 0.2) is 12.4 Å². The molecule has 1 aromatic heterocycles. The SMILES string of the molecule is CCc1cc(N(C)CC(C)N)ncn1. The van der Waals surface area contributed by atoms with Gasteiger partial charge >= 0.3 is 0 Å². The lowest BCUT2D eigenvalue weighted by Gasteiger charge is -2.20. The van der Waals surface area contributed by atoms with Crippen LogP contribution in [-0.4, -0.2) is 29.6 Å². The van der Waals surface area contributed by atoms with Crippen LogP contribution in [-0.2, 0) is 6.42 Å². The number of likely N-dealkylation sites (N-methyl/N-ethyl adjacent to an activating group) is 1. The van der Waals surface area contributed by atoms with E-state index in [2.05, 4.69) is 16.9 Å². The summed E-state index contributed by atoms with van der Waals surface area (Å²) in [6, 6.07) is 2.16. The molecule has 0 amide bonds. The van der Waals surface area contributed by atoms with E-state index in [1.54, 1.807) is 6.33 Å². The average Bonchev–Trinajstić information content (AvgIpc) is 2.17. The molecule has 0 aliphatic rings. The molecule has 1 aromatic rings. The van der Waals surface area contributed by atoms with Gasteiger partial charge in [-0.15, -0.1) is 0 Å². The van der Waals surface area contributed by atoms with Crippen molar-refractivity contribution < 1.29 is 0 Å². The van der Waals surface area contributed by atoms with Crippen LogP contribution in [0.5, 0.6) is 0 Å². The van der Waals surface area contributed by atoms with Crippen molar-refractivity contribution in [1.82, 2.24) is 9.97 Å². The lowest BCUT2D eigenvalue weighted by molar-refractivity contribution is 0.710. The highest BCUT2D eigenvalue weighted by Gasteiger charge is 2.05. The molecule has 4 heteroatoms. The maximum absolute atomic E-state index is 5.72. The Balaban J connectivity index is 2.73. The summed E-state index contributed by atoms with van der Waals surface area (Å²) in [6.07, 6.45) is 2.54. The second-order valence-electron chi connectivity index (χ2n) is 3.58. The quantitative estimate of drug-likeness (QED) is 0.771. The number of rotatable bonds is 4. The number of hydrogen-bond acceptors (Lipinski definition) is 4. The predicted octanol–water partition coefficient (Wildman–Crippen LogP) is 0.822. The first-order valence-electron chi connectivity index (χ1n) is 4.91. The predicted molar refractivity (Wildman–Crippen MR) is 58.3 cm³/mol. The Bertz CT molecular complexity index is 285. The van der Waals surface area contributed by atoms with Crippen molar-refractivity contribution in [2.24, 2.45) is 5.73 Å².